The van der Waals surface area contributed by atoms with Gasteiger partial charge in [-0.15, -0.1) is 0 Å². The highest BCUT2D eigenvalue weighted by Crippen LogP contribution is 2.29. The van der Waals surface area contributed by atoms with E-state index >= 15 is 0 Å². The first-order chi connectivity index (χ1) is 12.2. The molecule has 1 rings (SSSR count). The van der Waals surface area contributed by atoms with Crippen LogP contribution in [0.25, 0.3) is 0 Å². The first-order valence-electron chi connectivity index (χ1n) is 10.3. The SMILES string of the molecule is CCCCCCCCCCC=CCCCCc1c(O)ccc(O)c1C. The normalized spacial score (nSPS) is 11.4. The molecule has 25 heavy (non-hydrogen) atoms. The molecule has 0 saturated heterocycles. The molecule has 2 N–H and O–H groups in total. The third-order valence-corrected chi connectivity index (χ3v) is 4.98. The summed E-state index contributed by atoms with van der Waals surface area (Å²) in [6, 6.07) is 3.14. The highest BCUT2D eigenvalue weighted by Gasteiger charge is 2.08. The number of unbranched alkanes of at least 4 members (excludes halogenated alkanes) is 10. The van der Waals surface area contributed by atoms with Crippen LogP contribution in [-0.4, -0.2) is 10.2 Å². The van der Waals surface area contributed by atoms with Crippen LogP contribution in [0.1, 0.15) is 95.1 Å². The van der Waals surface area contributed by atoms with Gasteiger partial charge in [0.1, 0.15) is 11.5 Å². The molecule has 0 aromatic heterocycles. The largest absolute Gasteiger partial charge is 0.508 e. The zero-order chi connectivity index (χ0) is 18.3. The summed E-state index contributed by atoms with van der Waals surface area (Å²) in [5.41, 5.74) is 1.70. The van der Waals surface area contributed by atoms with Gasteiger partial charge in [-0.2, -0.15) is 0 Å². The lowest BCUT2D eigenvalue weighted by Crippen LogP contribution is -1.91. The summed E-state index contributed by atoms with van der Waals surface area (Å²) in [5.74, 6) is 0.582. The molecule has 0 radical (unpaired) electrons. The van der Waals surface area contributed by atoms with Crippen LogP contribution in [0.2, 0.25) is 0 Å². The van der Waals surface area contributed by atoms with E-state index in [0.717, 1.165) is 36.8 Å². The molecular weight excluding hydrogens is 308 g/mol. The van der Waals surface area contributed by atoms with Crippen molar-refractivity contribution in [3.05, 3.63) is 35.4 Å². The maximum atomic E-state index is 9.89. The molecule has 0 heterocycles. The maximum absolute atomic E-state index is 9.89. The molecule has 0 aliphatic rings. The Bertz CT molecular complexity index is 491. The fourth-order valence-electron chi connectivity index (χ4n) is 3.24. The second kappa shape index (κ2) is 13.8. The van der Waals surface area contributed by atoms with Gasteiger partial charge in [0, 0.05) is 5.56 Å². The minimum atomic E-state index is 0.276. The van der Waals surface area contributed by atoms with Crippen molar-refractivity contribution in [3.63, 3.8) is 0 Å². The number of allylic oxidation sites excluding steroid dienone is 2. The number of benzene rings is 1. The summed E-state index contributed by atoms with van der Waals surface area (Å²) < 4.78 is 0. The van der Waals surface area contributed by atoms with Crippen LogP contribution in [-0.2, 0) is 6.42 Å². The molecule has 0 amide bonds. The quantitative estimate of drug-likeness (QED) is 0.212. The molecule has 0 atom stereocenters. The van der Waals surface area contributed by atoms with Gasteiger partial charge in [0.05, 0.1) is 0 Å². The Kier molecular flexibility index (Phi) is 11.9. The Morgan fingerprint density at radius 3 is 1.88 bits per heavy atom. The lowest BCUT2D eigenvalue weighted by atomic mass is 10.00. The summed E-state index contributed by atoms with van der Waals surface area (Å²) in [6.45, 7) is 4.14. The lowest BCUT2D eigenvalue weighted by molar-refractivity contribution is 0.449. The van der Waals surface area contributed by atoms with Gasteiger partial charge >= 0.3 is 0 Å². The second-order valence-electron chi connectivity index (χ2n) is 7.19. The van der Waals surface area contributed by atoms with E-state index in [9.17, 15) is 10.2 Å². The summed E-state index contributed by atoms with van der Waals surface area (Å²) >= 11 is 0. The van der Waals surface area contributed by atoms with Gasteiger partial charge in [-0.25, -0.2) is 0 Å². The van der Waals surface area contributed by atoms with E-state index in [-0.39, 0.29) is 5.75 Å². The molecule has 2 nitrogen and oxygen atoms in total. The highest BCUT2D eigenvalue weighted by atomic mass is 16.3. The van der Waals surface area contributed by atoms with Crippen LogP contribution in [0.15, 0.2) is 24.3 Å². The Balaban J connectivity index is 2.00. The number of phenolic OH excluding ortho intramolecular Hbond substituents is 2. The monoisotopic (exact) mass is 346 g/mol. The topological polar surface area (TPSA) is 40.5 Å². The van der Waals surface area contributed by atoms with E-state index < -0.39 is 0 Å². The number of rotatable bonds is 14. The lowest BCUT2D eigenvalue weighted by Gasteiger charge is -2.09. The molecule has 1 aromatic rings. The van der Waals surface area contributed by atoms with Crippen LogP contribution in [0, 0.1) is 6.92 Å². The van der Waals surface area contributed by atoms with Crippen molar-refractivity contribution >= 4 is 0 Å². The minimum Gasteiger partial charge on any atom is -0.508 e. The van der Waals surface area contributed by atoms with Gasteiger partial charge in [-0.3, -0.25) is 0 Å². The molecule has 0 aliphatic heterocycles. The number of hydrogen-bond acceptors (Lipinski definition) is 2. The van der Waals surface area contributed by atoms with E-state index in [1.165, 1.54) is 57.8 Å². The molecule has 0 fully saturated rings. The molecule has 0 unspecified atom stereocenters. The summed E-state index contributed by atoms with van der Waals surface area (Å²) in [6.07, 6.45) is 21.0. The fourth-order valence-corrected chi connectivity index (χ4v) is 3.24. The third-order valence-electron chi connectivity index (χ3n) is 4.98. The van der Waals surface area contributed by atoms with Gasteiger partial charge in [0.15, 0.2) is 0 Å². The first kappa shape index (κ1) is 21.6. The van der Waals surface area contributed by atoms with Crippen LogP contribution in [0.5, 0.6) is 11.5 Å². The highest BCUT2D eigenvalue weighted by molar-refractivity contribution is 5.46. The predicted molar refractivity (Wildman–Crippen MR) is 108 cm³/mol. The molecule has 142 valence electrons. The van der Waals surface area contributed by atoms with Crippen LogP contribution in [0.4, 0.5) is 0 Å². The average Bonchev–Trinajstić information content (AvgIpc) is 2.61. The standard InChI is InChI=1S/C23H38O2/c1-3-4-5-6-7-8-9-10-11-12-13-14-15-16-17-21-20(2)22(24)18-19-23(21)25/h12-13,18-19,24-25H,3-11,14-17H2,1-2H3. The van der Waals surface area contributed by atoms with E-state index in [0.29, 0.717) is 5.75 Å². The third kappa shape index (κ3) is 9.57. The first-order valence-corrected chi connectivity index (χ1v) is 10.3. The minimum absolute atomic E-state index is 0.276. The van der Waals surface area contributed by atoms with Gasteiger partial charge in [0.2, 0.25) is 0 Å². The zero-order valence-corrected chi connectivity index (χ0v) is 16.4. The number of aromatic hydroxyl groups is 2. The molecular formula is C23H38O2. The van der Waals surface area contributed by atoms with Gasteiger partial charge in [-0.05, 0) is 63.1 Å². The van der Waals surface area contributed by atoms with Crippen molar-refractivity contribution in [3.8, 4) is 11.5 Å². The van der Waals surface area contributed by atoms with Gasteiger partial charge in [-0.1, -0.05) is 64.0 Å². The van der Waals surface area contributed by atoms with Crippen LogP contribution < -0.4 is 0 Å². The Labute approximate surface area is 155 Å². The zero-order valence-electron chi connectivity index (χ0n) is 16.4. The molecule has 0 aliphatic carbocycles. The van der Waals surface area contributed by atoms with Crippen molar-refractivity contribution in [1.29, 1.82) is 0 Å². The predicted octanol–water partition coefficient (Wildman–Crippen LogP) is 7.21. The number of phenols is 2. The van der Waals surface area contributed by atoms with Crippen LogP contribution in [0.3, 0.4) is 0 Å². The summed E-state index contributed by atoms with van der Waals surface area (Å²) in [5, 5.41) is 19.6. The molecule has 0 spiro atoms. The Morgan fingerprint density at radius 1 is 0.720 bits per heavy atom. The van der Waals surface area contributed by atoms with Crippen molar-refractivity contribution < 1.29 is 10.2 Å². The Morgan fingerprint density at radius 2 is 1.24 bits per heavy atom. The van der Waals surface area contributed by atoms with Crippen molar-refractivity contribution in [2.24, 2.45) is 0 Å². The number of hydrogen-bond donors (Lipinski definition) is 2. The van der Waals surface area contributed by atoms with E-state index in [4.69, 9.17) is 0 Å². The Hall–Kier alpha value is -1.44. The van der Waals surface area contributed by atoms with E-state index in [1.54, 1.807) is 12.1 Å². The second-order valence-corrected chi connectivity index (χ2v) is 7.19. The molecule has 0 saturated carbocycles. The van der Waals surface area contributed by atoms with E-state index in [1.807, 2.05) is 6.92 Å². The maximum Gasteiger partial charge on any atom is 0.119 e. The summed E-state index contributed by atoms with van der Waals surface area (Å²) in [7, 11) is 0. The average molecular weight is 347 g/mol. The van der Waals surface area contributed by atoms with Crippen molar-refractivity contribution in [1.82, 2.24) is 0 Å². The molecule has 1 aromatic carbocycles. The molecule has 0 bridgehead atoms. The molecule has 2 heteroatoms. The smallest absolute Gasteiger partial charge is 0.119 e. The van der Waals surface area contributed by atoms with Crippen LogP contribution >= 0.6 is 0 Å². The van der Waals surface area contributed by atoms with Crippen molar-refractivity contribution in [2.75, 3.05) is 0 Å². The van der Waals surface area contributed by atoms with Crippen molar-refractivity contribution in [2.45, 2.75) is 97.3 Å². The van der Waals surface area contributed by atoms with Gasteiger partial charge < -0.3 is 10.2 Å². The van der Waals surface area contributed by atoms with E-state index in [2.05, 4.69) is 19.1 Å². The van der Waals surface area contributed by atoms with Gasteiger partial charge in [0.25, 0.3) is 0 Å². The fraction of sp³-hybridized carbons (Fsp3) is 0.652. The summed E-state index contributed by atoms with van der Waals surface area (Å²) in [4.78, 5) is 0.